The average molecular weight is 490 g/mol. The molecule has 36 heavy (non-hydrogen) atoms. The Morgan fingerprint density at radius 3 is 2.44 bits per heavy atom. The lowest BCUT2D eigenvalue weighted by atomic mass is 9.86. The van der Waals surface area contributed by atoms with E-state index < -0.39 is 17.9 Å². The highest BCUT2D eigenvalue weighted by Crippen LogP contribution is 2.41. The average Bonchev–Trinajstić information content (AvgIpc) is 3.53. The molecule has 0 saturated heterocycles. The van der Waals surface area contributed by atoms with Crippen LogP contribution in [0.1, 0.15) is 37.9 Å². The fraction of sp³-hybridized carbons (Fsp3) is 0.269. The fourth-order valence-corrected chi connectivity index (χ4v) is 5.45. The molecule has 0 aliphatic carbocycles. The van der Waals surface area contributed by atoms with Gasteiger partial charge in [0.15, 0.2) is 12.4 Å². The largest absolute Gasteiger partial charge is 0.584 e. The lowest BCUT2D eigenvalue weighted by Crippen LogP contribution is -2.77. The quantitative estimate of drug-likeness (QED) is 0.303. The zero-order chi connectivity index (χ0) is 25.2. The van der Waals surface area contributed by atoms with Gasteiger partial charge in [-0.3, -0.25) is 0 Å². The lowest BCUT2D eigenvalue weighted by molar-refractivity contribution is -0.990. The molecule has 7 nitrogen and oxygen atoms in total. The van der Waals surface area contributed by atoms with Crippen molar-refractivity contribution >= 4 is 10.8 Å². The first-order valence-electron chi connectivity index (χ1n) is 11.6. The van der Waals surface area contributed by atoms with Crippen LogP contribution >= 0.6 is 0 Å². The van der Waals surface area contributed by atoms with Gasteiger partial charge in [0.1, 0.15) is 5.69 Å². The summed E-state index contributed by atoms with van der Waals surface area (Å²) in [6.45, 7) is 8.26. The summed E-state index contributed by atoms with van der Waals surface area (Å²) in [5.41, 5.74) is 3.97. The van der Waals surface area contributed by atoms with Crippen molar-refractivity contribution in [1.29, 1.82) is 0 Å². The number of aromatic nitrogens is 7. The molecule has 0 saturated carbocycles. The summed E-state index contributed by atoms with van der Waals surface area (Å²) < 4.78 is 48.7. The second-order valence-electron chi connectivity index (χ2n) is 10.4. The molecule has 1 atom stereocenters. The van der Waals surface area contributed by atoms with Crippen molar-refractivity contribution in [3.05, 3.63) is 78.0 Å². The summed E-state index contributed by atoms with van der Waals surface area (Å²) in [5, 5.41) is 10.5. The summed E-state index contributed by atoms with van der Waals surface area (Å²) in [4.78, 5) is 4.05. The molecule has 0 amide bonds. The van der Waals surface area contributed by atoms with Gasteiger partial charge in [0, 0.05) is 18.2 Å². The minimum Gasteiger partial charge on any atom is -0.197 e. The zero-order valence-corrected chi connectivity index (χ0v) is 20.0. The van der Waals surface area contributed by atoms with Crippen LogP contribution < -0.4 is 9.13 Å². The maximum atomic E-state index is 13.9. The number of rotatable bonds is 0. The van der Waals surface area contributed by atoms with Gasteiger partial charge in [-0.05, 0) is 41.5 Å². The SMILES string of the molecule is Cc1cc2n(n1)C1(n3nc(C(F)(F)F)nc3-c3c4ccc(C(C)(C)C)cc4cc[n+]31)[n+]1ccccc1-2. The van der Waals surface area contributed by atoms with Crippen LogP contribution in [-0.2, 0) is 17.5 Å². The van der Waals surface area contributed by atoms with Crippen LogP contribution in [0.3, 0.4) is 0 Å². The van der Waals surface area contributed by atoms with Crippen molar-refractivity contribution in [1.82, 2.24) is 24.5 Å². The molecule has 0 N–H and O–H groups in total. The molecule has 1 unspecified atom stereocenters. The van der Waals surface area contributed by atoms with E-state index in [1.807, 2.05) is 70.9 Å². The zero-order valence-electron chi connectivity index (χ0n) is 20.0. The van der Waals surface area contributed by atoms with Crippen molar-refractivity contribution in [3.63, 3.8) is 0 Å². The van der Waals surface area contributed by atoms with Gasteiger partial charge < -0.3 is 0 Å². The Hall–Kier alpha value is -4.08. The molecule has 0 radical (unpaired) electrons. The second-order valence-corrected chi connectivity index (χ2v) is 10.4. The number of nitrogens with zero attached hydrogens (tertiary/aromatic N) is 7. The van der Waals surface area contributed by atoms with Crippen molar-refractivity contribution in [2.75, 3.05) is 0 Å². The van der Waals surface area contributed by atoms with E-state index in [0.717, 1.165) is 33.4 Å². The number of halogens is 3. The Bertz CT molecular complexity index is 1740. The van der Waals surface area contributed by atoms with E-state index in [1.54, 1.807) is 4.68 Å². The van der Waals surface area contributed by atoms with Crippen LogP contribution in [-0.4, -0.2) is 24.5 Å². The van der Waals surface area contributed by atoms with Crippen molar-refractivity contribution < 1.29 is 22.3 Å². The molecule has 6 heterocycles. The Kier molecular flexibility index (Phi) is 3.76. The molecule has 2 aliphatic rings. The molecule has 1 aromatic carbocycles. The summed E-state index contributed by atoms with van der Waals surface area (Å²) in [5.74, 6) is -2.40. The van der Waals surface area contributed by atoms with Gasteiger partial charge in [-0.1, -0.05) is 46.7 Å². The van der Waals surface area contributed by atoms with E-state index in [1.165, 1.54) is 4.68 Å². The van der Waals surface area contributed by atoms with Crippen LogP contribution in [0, 0.1) is 6.92 Å². The minimum absolute atomic E-state index is 0.0766. The minimum atomic E-state index is -4.70. The number of alkyl halides is 3. The molecular formula is C26H22F3N7+2. The van der Waals surface area contributed by atoms with E-state index in [2.05, 4.69) is 36.9 Å². The third-order valence-corrected chi connectivity index (χ3v) is 7.06. The molecule has 0 fully saturated rings. The number of aryl methyl sites for hydroxylation is 1. The van der Waals surface area contributed by atoms with Gasteiger partial charge in [-0.2, -0.15) is 23.3 Å². The molecule has 1 spiro atoms. The van der Waals surface area contributed by atoms with Crippen LogP contribution in [0.5, 0.6) is 0 Å². The fourth-order valence-electron chi connectivity index (χ4n) is 5.45. The molecule has 180 valence electrons. The first-order valence-corrected chi connectivity index (χ1v) is 11.6. The van der Waals surface area contributed by atoms with E-state index in [9.17, 15) is 13.2 Å². The Balaban J connectivity index is 1.65. The number of benzene rings is 1. The highest BCUT2D eigenvalue weighted by atomic mass is 19.4. The van der Waals surface area contributed by atoms with E-state index in [0.29, 0.717) is 5.69 Å². The third-order valence-electron chi connectivity index (χ3n) is 7.06. The monoisotopic (exact) mass is 489 g/mol. The summed E-state index contributed by atoms with van der Waals surface area (Å²) in [7, 11) is 0. The van der Waals surface area contributed by atoms with Gasteiger partial charge in [0.05, 0.1) is 11.1 Å². The van der Waals surface area contributed by atoms with Gasteiger partial charge >= 0.3 is 12.1 Å². The Morgan fingerprint density at radius 2 is 1.69 bits per heavy atom. The first kappa shape index (κ1) is 21.2. The van der Waals surface area contributed by atoms with Crippen LogP contribution in [0.2, 0.25) is 0 Å². The van der Waals surface area contributed by atoms with Crippen LogP contribution in [0.4, 0.5) is 13.2 Å². The predicted molar refractivity (Wildman–Crippen MR) is 124 cm³/mol. The van der Waals surface area contributed by atoms with Gasteiger partial charge in [0.2, 0.25) is 11.5 Å². The Morgan fingerprint density at radius 1 is 0.889 bits per heavy atom. The third kappa shape index (κ3) is 2.46. The number of fused-ring (bicyclic) bond motifs is 12. The topological polar surface area (TPSA) is 56.3 Å². The normalized spacial score (nSPS) is 18.0. The number of pyridine rings is 2. The predicted octanol–water partition coefficient (Wildman–Crippen LogP) is 4.00. The molecule has 10 heteroatoms. The van der Waals surface area contributed by atoms with Crippen molar-refractivity contribution in [2.45, 2.75) is 45.2 Å². The molecule has 0 bridgehead atoms. The van der Waals surface area contributed by atoms with Crippen LogP contribution in [0.25, 0.3) is 33.7 Å². The number of hydrogen-bond donors (Lipinski definition) is 0. The smallest absolute Gasteiger partial charge is 0.197 e. The van der Waals surface area contributed by atoms with Crippen molar-refractivity contribution in [2.24, 2.45) is 0 Å². The maximum Gasteiger partial charge on any atom is 0.584 e. The maximum absolute atomic E-state index is 13.9. The molecule has 4 aromatic heterocycles. The molecule has 5 aromatic rings. The van der Waals surface area contributed by atoms with Gasteiger partial charge in [-0.15, -0.1) is 9.78 Å². The summed E-state index contributed by atoms with van der Waals surface area (Å²) in [6.07, 6.45) is -0.963. The van der Waals surface area contributed by atoms with Crippen molar-refractivity contribution in [3.8, 4) is 22.9 Å². The molecule has 7 rings (SSSR count). The van der Waals surface area contributed by atoms with E-state index in [4.69, 9.17) is 5.10 Å². The summed E-state index contributed by atoms with van der Waals surface area (Å²) >= 11 is 0. The highest BCUT2D eigenvalue weighted by molar-refractivity contribution is 5.92. The second kappa shape index (κ2) is 6.37. The van der Waals surface area contributed by atoms with Gasteiger partial charge in [-0.25, -0.2) is 0 Å². The number of hydrogen-bond acceptors (Lipinski definition) is 3. The Labute approximate surface area is 204 Å². The summed E-state index contributed by atoms with van der Waals surface area (Å²) in [6, 6.07) is 15.7. The standard InChI is InChI=1S/C26H22F3N7/c1-15-13-20-19-7-5-6-11-33(19)26(35(20)31-15)34-12-10-16-14-17(24(2,3)4)8-9-18(16)21(34)22-30-23(25(27,28)29)32-36(22)26/h5-14H,1-4H3/q+2. The van der Waals surface area contributed by atoms with E-state index >= 15 is 0 Å². The van der Waals surface area contributed by atoms with Gasteiger partial charge in [0.25, 0.3) is 11.5 Å². The lowest BCUT2D eigenvalue weighted by Gasteiger charge is -2.19. The van der Waals surface area contributed by atoms with Crippen LogP contribution in [0.15, 0.2) is 60.9 Å². The molecular weight excluding hydrogens is 467 g/mol. The first-order chi connectivity index (χ1) is 17.0. The molecule has 2 aliphatic heterocycles. The highest BCUT2D eigenvalue weighted by Gasteiger charge is 2.71. The van der Waals surface area contributed by atoms with E-state index in [-0.39, 0.29) is 11.2 Å².